The van der Waals surface area contributed by atoms with Crippen LogP contribution >= 0.6 is 0 Å². The van der Waals surface area contributed by atoms with Gasteiger partial charge in [0.25, 0.3) is 0 Å². The molecule has 106 valence electrons. The summed E-state index contributed by atoms with van der Waals surface area (Å²) in [5.74, 6) is 0.619. The largest absolute Gasteiger partial charge is 0.354 e. The Labute approximate surface area is 114 Å². The predicted octanol–water partition coefficient (Wildman–Crippen LogP) is 3.06. The minimum Gasteiger partial charge on any atom is -0.354 e. The summed E-state index contributed by atoms with van der Waals surface area (Å²) < 4.78 is 13.9. The summed E-state index contributed by atoms with van der Waals surface area (Å²) >= 11 is 0. The van der Waals surface area contributed by atoms with Gasteiger partial charge >= 0.3 is 0 Å². The molecule has 0 unspecified atom stereocenters. The lowest BCUT2D eigenvalue weighted by Gasteiger charge is -2.37. The molecule has 1 saturated heterocycles. The quantitative estimate of drug-likeness (QED) is 0.909. The second kappa shape index (κ2) is 5.72. The molecule has 4 nitrogen and oxygen atoms in total. The Kier molecular flexibility index (Phi) is 4.22. The summed E-state index contributed by atoms with van der Waals surface area (Å²) in [7, 11) is 0. The van der Waals surface area contributed by atoms with Crippen LogP contribution < -0.4 is 10.2 Å². The molecule has 0 radical (unpaired) electrons. The molecule has 1 aliphatic rings. The van der Waals surface area contributed by atoms with Crippen LogP contribution in [0.4, 0.5) is 16.2 Å². The third-order valence-electron chi connectivity index (χ3n) is 3.68. The Balaban J connectivity index is 2.10. The summed E-state index contributed by atoms with van der Waals surface area (Å²) in [4.78, 5) is 10.3. The van der Waals surface area contributed by atoms with Crippen LogP contribution in [0.15, 0.2) is 6.20 Å². The molecule has 0 aliphatic carbocycles. The Morgan fingerprint density at radius 2 is 2.05 bits per heavy atom. The van der Waals surface area contributed by atoms with Crippen molar-refractivity contribution in [2.24, 2.45) is 5.41 Å². The molecule has 0 amide bonds. The third kappa shape index (κ3) is 3.55. The topological polar surface area (TPSA) is 41.1 Å². The molecule has 1 N–H and O–H groups in total. The van der Waals surface area contributed by atoms with Gasteiger partial charge in [0.1, 0.15) is 0 Å². The van der Waals surface area contributed by atoms with Gasteiger partial charge in [0, 0.05) is 19.6 Å². The zero-order valence-corrected chi connectivity index (χ0v) is 12.0. The Hall–Kier alpha value is -1.39. The van der Waals surface area contributed by atoms with Gasteiger partial charge in [-0.1, -0.05) is 20.8 Å². The SMILES string of the molecule is CCCNc1ncc(F)c(N2CCC(C)(C)CC2)n1. The number of nitrogens with zero attached hydrogens (tertiary/aromatic N) is 3. The average Bonchev–Trinajstić information content (AvgIpc) is 2.38. The highest BCUT2D eigenvalue weighted by Gasteiger charge is 2.27. The molecule has 1 fully saturated rings. The van der Waals surface area contributed by atoms with Crippen LogP contribution in [0.5, 0.6) is 0 Å². The van der Waals surface area contributed by atoms with Crippen LogP contribution in [0, 0.1) is 11.2 Å². The monoisotopic (exact) mass is 266 g/mol. The maximum absolute atomic E-state index is 13.9. The zero-order chi connectivity index (χ0) is 13.9. The maximum atomic E-state index is 13.9. The lowest BCUT2D eigenvalue weighted by Crippen LogP contribution is -2.38. The number of halogens is 1. The van der Waals surface area contributed by atoms with E-state index in [1.807, 2.05) is 4.90 Å². The second-order valence-electron chi connectivity index (χ2n) is 5.94. The van der Waals surface area contributed by atoms with Crippen molar-refractivity contribution in [3.63, 3.8) is 0 Å². The van der Waals surface area contributed by atoms with Crippen LogP contribution in [0.2, 0.25) is 0 Å². The molecule has 0 aromatic carbocycles. The lowest BCUT2D eigenvalue weighted by molar-refractivity contribution is 0.278. The van der Waals surface area contributed by atoms with E-state index in [4.69, 9.17) is 0 Å². The molecular formula is C14H23FN4. The van der Waals surface area contributed by atoms with Crippen molar-refractivity contribution >= 4 is 11.8 Å². The first-order chi connectivity index (χ1) is 9.02. The van der Waals surface area contributed by atoms with E-state index < -0.39 is 0 Å². The van der Waals surface area contributed by atoms with E-state index in [0.29, 0.717) is 17.2 Å². The number of piperidine rings is 1. The molecule has 2 rings (SSSR count). The highest BCUT2D eigenvalue weighted by molar-refractivity contribution is 5.44. The van der Waals surface area contributed by atoms with Crippen LogP contribution in [-0.4, -0.2) is 29.6 Å². The number of hydrogen-bond acceptors (Lipinski definition) is 4. The molecule has 5 heteroatoms. The first-order valence-electron chi connectivity index (χ1n) is 7.03. The van der Waals surface area contributed by atoms with Crippen LogP contribution in [0.3, 0.4) is 0 Å². The van der Waals surface area contributed by atoms with Crippen molar-refractivity contribution in [3.05, 3.63) is 12.0 Å². The Bertz CT molecular complexity index is 423. The number of nitrogens with one attached hydrogen (secondary N) is 1. The van der Waals surface area contributed by atoms with Gasteiger partial charge in [-0.05, 0) is 24.7 Å². The summed E-state index contributed by atoms with van der Waals surface area (Å²) in [6.45, 7) is 9.11. The van der Waals surface area contributed by atoms with Crippen molar-refractivity contribution in [2.45, 2.75) is 40.0 Å². The van der Waals surface area contributed by atoms with Crippen molar-refractivity contribution in [1.82, 2.24) is 9.97 Å². The molecule has 1 aromatic heterocycles. The van der Waals surface area contributed by atoms with Gasteiger partial charge in [0.05, 0.1) is 6.20 Å². The van der Waals surface area contributed by atoms with Gasteiger partial charge in [-0.2, -0.15) is 4.98 Å². The number of anilines is 2. The van der Waals surface area contributed by atoms with E-state index in [0.717, 1.165) is 38.9 Å². The average molecular weight is 266 g/mol. The van der Waals surface area contributed by atoms with Crippen molar-refractivity contribution in [1.29, 1.82) is 0 Å². The van der Waals surface area contributed by atoms with Crippen LogP contribution in [-0.2, 0) is 0 Å². The predicted molar refractivity (Wildman–Crippen MR) is 76.0 cm³/mol. The van der Waals surface area contributed by atoms with Gasteiger partial charge in [0.2, 0.25) is 5.95 Å². The number of aromatic nitrogens is 2. The summed E-state index contributed by atoms with van der Waals surface area (Å²) in [5, 5.41) is 3.10. The third-order valence-corrected chi connectivity index (χ3v) is 3.68. The number of rotatable bonds is 4. The molecular weight excluding hydrogens is 243 g/mol. The fourth-order valence-corrected chi connectivity index (χ4v) is 2.23. The van der Waals surface area contributed by atoms with E-state index in [1.54, 1.807) is 0 Å². The highest BCUT2D eigenvalue weighted by Crippen LogP contribution is 2.32. The zero-order valence-electron chi connectivity index (χ0n) is 12.0. The van der Waals surface area contributed by atoms with Gasteiger partial charge < -0.3 is 10.2 Å². The van der Waals surface area contributed by atoms with Gasteiger partial charge in [-0.25, -0.2) is 9.37 Å². The fraction of sp³-hybridized carbons (Fsp3) is 0.714. The van der Waals surface area contributed by atoms with Gasteiger partial charge in [0.15, 0.2) is 11.6 Å². The van der Waals surface area contributed by atoms with E-state index in [9.17, 15) is 4.39 Å². The summed E-state index contributed by atoms with van der Waals surface area (Å²) in [6, 6.07) is 0. The van der Waals surface area contributed by atoms with Crippen LogP contribution in [0.1, 0.15) is 40.0 Å². The summed E-state index contributed by atoms with van der Waals surface area (Å²) in [6.07, 6.45) is 4.39. The van der Waals surface area contributed by atoms with Crippen molar-refractivity contribution < 1.29 is 4.39 Å². The van der Waals surface area contributed by atoms with E-state index in [2.05, 4.69) is 36.1 Å². The Morgan fingerprint density at radius 3 is 2.68 bits per heavy atom. The van der Waals surface area contributed by atoms with E-state index in [-0.39, 0.29) is 5.82 Å². The first kappa shape index (κ1) is 14.0. The van der Waals surface area contributed by atoms with Crippen LogP contribution in [0.25, 0.3) is 0 Å². The Morgan fingerprint density at radius 1 is 1.37 bits per heavy atom. The lowest BCUT2D eigenvalue weighted by atomic mass is 9.83. The minimum absolute atomic E-state index is 0.332. The molecule has 19 heavy (non-hydrogen) atoms. The van der Waals surface area contributed by atoms with Crippen molar-refractivity contribution in [3.8, 4) is 0 Å². The molecule has 0 saturated carbocycles. The standard InChI is InChI=1S/C14H23FN4/c1-4-7-16-13-17-10-11(15)12(18-13)19-8-5-14(2,3)6-9-19/h10H,4-9H2,1-3H3,(H,16,17,18). The van der Waals surface area contributed by atoms with Gasteiger partial charge in [-0.15, -0.1) is 0 Å². The number of hydrogen-bond donors (Lipinski definition) is 1. The van der Waals surface area contributed by atoms with E-state index in [1.165, 1.54) is 6.20 Å². The molecule has 1 aromatic rings. The van der Waals surface area contributed by atoms with Gasteiger partial charge in [-0.3, -0.25) is 0 Å². The maximum Gasteiger partial charge on any atom is 0.224 e. The highest BCUT2D eigenvalue weighted by atomic mass is 19.1. The second-order valence-corrected chi connectivity index (χ2v) is 5.94. The minimum atomic E-state index is -0.332. The normalized spacial score (nSPS) is 18.4. The van der Waals surface area contributed by atoms with E-state index >= 15 is 0 Å². The molecule has 0 spiro atoms. The smallest absolute Gasteiger partial charge is 0.224 e. The molecule has 0 bridgehead atoms. The summed E-state index contributed by atoms with van der Waals surface area (Å²) in [5.41, 5.74) is 0.350. The molecule has 1 aliphatic heterocycles. The fourth-order valence-electron chi connectivity index (χ4n) is 2.23. The molecule has 0 atom stereocenters. The first-order valence-corrected chi connectivity index (χ1v) is 7.03. The van der Waals surface area contributed by atoms with Crippen molar-refractivity contribution in [2.75, 3.05) is 29.9 Å². The molecule has 2 heterocycles.